The van der Waals surface area contributed by atoms with Gasteiger partial charge in [0.25, 0.3) is 0 Å². The van der Waals surface area contributed by atoms with E-state index in [2.05, 4.69) is 20.5 Å². The van der Waals surface area contributed by atoms with Crippen LogP contribution in [0, 0.1) is 12.7 Å². The maximum absolute atomic E-state index is 13.0. The van der Waals surface area contributed by atoms with Crippen LogP contribution in [0.2, 0.25) is 0 Å². The molecule has 0 aliphatic carbocycles. The molecule has 0 amide bonds. The fourth-order valence-electron chi connectivity index (χ4n) is 1.95. The van der Waals surface area contributed by atoms with E-state index in [4.69, 9.17) is 0 Å². The van der Waals surface area contributed by atoms with E-state index < -0.39 is 0 Å². The number of hydrogen-bond acceptors (Lipinski definition) is 6. The molecule has 8 heteroatoms. The Morgan fingerprint density at radius 2 is 1.95 bits per heavy atom. The molecule has 6 nitrogen and oxygen atoms in total. The van der Waals surface area contributed by atoms with Gasteiger partial charge >= 0.3 is 0 Å². The minimum atomic E-state index is -0.285. The molecule has 2 heterocycles. The van der Waals surface area contributed by atoms with Crippen LogP contribution in [0.4, 0.5) is 4.39 Å². The molecule has 0 spiro atoms. The Bertz CT molecular complexity index is 752. The zero-order valence-corrected chi connectivity index (χ0v) is 12.0. The highest BCUT2D eigenvalue weighted by molar-refractivity contribution is 7.13. The predicted molar refractivity (Wildman–Crippen MR) is 74.7 cm³/mol. The monoisotopic (exact) mass is 305 g/mol. The third-order valence-electron chi connectivity index (χ3n) is 2.97. The van der Waals surface area contributed by atoms with Gasteiger partial charge in [-0.25, -0.2) is 4.39 Å². The first kappa shape index (κ1) is 13.8. The van der Waals surface area contributed by atoms with Crippen molar-refractivity contribution >= 4 is 11.3 Å². The van der Waals surface area contributed by atoms with E-state index in [1.165, 1.54) is 23.5 Å². The molecule has 0 saturated carbocycles. The number of aromatic nitrogens is 5. The summed E-state index contributed by atoms with van der Waals surface area (Å²) in [5.74, 6) is -0.285. The molecule has 108 valence electrons. The first-order chi connectivity index (χ1) is 10.2. The number of nitrogens with zero attached hydrogens (tertiary/aromatic N) is 5. The summed E-state index contributed by atoms with van der Waals surface area (Å²) in [5.41, 5.74) is 2.10. The topological polar surface area (TPSA) is 76.7 Å². The molecule has 0 aliphatic rings. The number of benzene rings is 1. The molecular weight excluding hydrogens is 293 g/mol. The third kappa shape index (κ3) is 2.81. The van der Waals surface area contributed by atoms with Crippen LogP contribution >= 0.6 is 11.3 Å². The second-order valence-corrected chi connectivity index (χ2v) is 5.62. The summed E-state index contributed by atoms with van der Waals surface area (Å²) in [5, 5.41) is 26.8. The fraction of sp³-hybridized carbons (Fsp3) is 0.231. The lowest BCUT2D eigenvalue weighted by atomic mass is 10.1. The second kappa shape index (κ2) is 5.66. The first-order valence-corrected chi connectivity index (χ1v) is 7.08. The molecular formula is C13H12FN5OS. The Kier molecular flexibility index (Phi) is 3.72. The number of hydrogen-bond donors (Lipinski definition) is 1. The maximum Gasteiger partial charge on any atom is 0.234 e. The average molecular weight is 305 g/mol. The van der Waals surface area contributed by atoms with Gasteiger partial charge in [-0.3, -0.25) is 0 Å². The van der Waals surface area contributed by atoms with Crippen molar-refractivity contribution in [3.63, 3.8) is 0 Å². The molecule has 0 aliphatic heterocycles. The number of halogens is 1. The van der Waals surface area contributed by atoms with Crippen LogP contribution < -0.4 is 0 Å². The molecule has 0 radical (unpaired) electrons. The third-order valence-corrected chi connectivity index (χ3v) is 3.79. The minimum Gasteiger partial charge on any atom is -0.390 e. The summed E-state index contributed by atoms with van der Waals surface area (Å²) in [6, 6.07) is 6.19. The van der Waals surface area contributed by atoms with E-state index in [-0.39, 0.29) is 12.4 Å². The lowest BCUT2D eigenvalue weighted by molar-refractivity contribution is 0.275. The van der Waals surface area contributed by atoms with Gasteiger partial charge in [-0.2, -0.15) is 4.68 Å². The average Bonchev–Trinajstić information content (AvgIpc) is 3.07. The Balaban J connectivity index is 1.99. The van der Waals surface area contributed by atoms with Crippen molar-refractivity contribution in [2.45, 2.75) is 20.0 Å². The van der Waals surface area contributed by atoms with Gasteiger partial charge in [0.2, 0.25) is 5.13 Å². The van der Waals surface area contributed by atoms with Gasteiger partial charge in [0.05, 0.1) is 12.3 Å². The standard InChI is InChI=1S/C13H12FN5OS/c1-8-15-17-13(21-8)19-12(11(7-20)16-18-19)6-9-2-4-10(14)5-3-9/h2-5,20H,6-7H2,1H3. The van der Waals surface area contributed by atoms with Crippen LogP contribution in [-0.4, -0.2) is 30.3 Å². The summed E-state index contributed by atoms with van der Waals surface area (Å²) in [4.78, 5) is 0. The van der Waals surface area contributed by atoms with Crippen LogP contribution in [0.25, 0.3) is 5.13 Å². The molecule has 3 aromatic rings. The smallest absolute Gasteiger partial charge is 0.234 e. The SMILES string of the molecule is Cc1nnc(-n2nnc(CO)c2Cc2ccc(F)cc2)s1. The lowest BCUT2D eigenvalue weighted by Crippen LogP contribution is -2.05. The first-order valence-electron chi connectivity index (χ1n) is 6.26. The number of aliphatic hydroxyl groups is 1. The van der Waals surface area contributed by atoms with E-state index >= 15 is 0 Å². The van der Waals surface area contributed by atoms with Crippen LogP contribution in [0.1, 0.15) is 22.0 Å². The summed E-state index contributed by atoms with van der Waals surface area (Å²) in [6.45, 7) is 1.64. The molecule has 1 N–H and O–H groups in total. The summed E-state index contributed by atoms with van der Waals surface area (Å²) in [7, 11) is 0. The Morgan fingerprint density at radius 3 is 2.57 bits per heavy atom. The molecule has 0 atom stereocenters. The van der Waals surface area contributed by atoms with Crippen molar-refractivity contribution in [2.75, 3.05) is 0 Å². The van der Waals surface area contributed by atoms with E-state index in [0.717, 1.165) is 16.3 Å². The van der Waals surface area contributed by atoms with Crippen molar-refractivity contribution in [3.8, 4) is 5.13 Å². The van der Waals surface area contributed by atoms with E-state index in [1.807, 2.05) is 6.92 Å². The van der Waals surface area contributed by atoms with Gasteiger partial charge in [0, 0.05) is 6.42 Å². The van der Waals surface area contributed by atoms with Crippen molar-refractivity contribution < 1.29 is 9.50 Å². The van der Waals surface area contributed by atoms with E-state index in [9.17, 15) is 9.50 Å². The summed E-state index contributed by atoms with van der Waals surface area (Å²) < 4.78 is 14.5. The number of aryl methyl sites for hydroxylation is 1. The van der Waals surface area contributed by atoms with Gasteiger partial charge in [-0.15, -0.1) is 15.3 Å². The predicted octanol–water partition coefficient (Wildman–Crippen LogP) is 1.65. The molecule has 0 saturated heterocycles. The zero-order chi connectivity index (χ0) is 14.8. The zero-order valence-electron chi connectivity index (χ0n) is 11.2. The molecule has 3 rings (SSSR count). The number of rotatable bonds is 4. The molecule has 0 bridgehead atoms. The summed E-state index contributed by atoms with van der Waals surface area (Å²) >= 11 is 1.39. The molecule has 21 heavy (non-hydrogen) atoms. The van der Waals surface area contributed by atoms with Crippen LogP contribution in [-0.2, 0) is 13.0 Å². The quantitative estimate of drug-likeness (QED) is 0.793. The van der Waals surface area contributed by atoms with Crippen LogP contribution in [0.3, 0.4) is 0 Å². The highest BCUT2D eigenvalue weighted by Gasteiger charge is 2.16. The normalized spacial score (nSPS) is 11.0. The van der Waals surface area contributed by atoms with Gasteiger partial charge in [0.1, 0.15) is 16.5 Å². The largest absolute Gasteiger partial charge is 0.390 e. The van der Waals surface area contributed by atoms with Gasteiger partial charge in [-0.1, -0.05) is 28.7 Å². The van der Waals surface area contributed by atoms with Crippen LogP contribution in [0.15, 0.2) is 24.3 Å². The highest BCUT2D eigenvalue weighted by Crippen LogP contribution is 2.19. The molecule has 0 fully saturated rings. The summed E-state index contributed by atoms with van der Waals surface area (Å²) in [6.07, 6.45) is 0.474. The lowest BCUT2D eigenvalue weighted by Gasteiger charge is -2.04. The van der Waals surface area contributed by atoms with E-state index in [1.54, 1.807) is 16.8 Å². The van der Waals surface area contributed by atoms with Crippen molar-refractivity contribution in [1.29, 1.82) is 0 Å². The molecule has 2 aromatic heterocycles. The Labute approximate surface area is 123 Å². The van der Waals surface area contributed by atoms with Crippen molar-refractivity contribution in [3.05, 3.63) is 52.0 Å². The minimum absolute atomic E-state index is 0.214. The maximum atomic E-state index is 13.0. The highest BCUT2D eigenvalue weighted by atomic mass is 32.1. The van der Waals surface area contributed by atoms with E-state index in [0.29, 0.717) is 17.2 Å². The van der Waals surface area contributed by atoms with Gasteiger partial charge in [0.15, 0.2) is 0 Å². The molecule has 0 unspecified atom stereocenters. The second-order valence-electron chi connectivity index (χ2n) is 4.46. The van der Waals surface area contributed by atoms with Crippen molar-refractivity contribution in [1.82, 2.24) is 25.2 Å². The fourth-order valence-corrected chi connectivity index (χ4v) is 2.61. The Morgan fingerprint density at radius 1 is 1.19 bits per heavy atom. The van der Waals surface area contributed by atoms with Gasteiger partial charge < -0.3 is 5.11 Å². The van der Waals surface area contributed by atoms with Gasteiger partial charge in [-0.05, 0) is 24.6 Å². The van der Waals surface area contributed by atoms with Crippen LogP contribution in [0.5, 0.6) is 0 Å². The Hall–Kier alpha value is -2.19. The number of aliphatic hydroxyl groups excluding tert-OH is 1. The van der Waals surface area contributed by atoms with Crippen molar-refractivity contribution in [2.24, 2.45) is 0 Å². The molecule has 1 aromatic carbocycles.